The summed E-state index contributed by atoms with van der Waals surface area (Å²) in [6.45, 7) is 2.51. The van der Waals surface area contributed by atoms with Crippen LogP contribution in [0.15, 0.2) is 47.5 Å². The molecule has 0 radical (unpaired) electrons. The van der Waals surface area contributed by atoms with Crippen molar-refractivity contribution in [3.63, 3.8) is 0 Å². The lowest BCUT2D eigenvalue weighted by atomic mass is 10.1. The lowest BCUT2D eigenvalue weighted by molar-refractivity contribution is -0.128. The lowest BCUT2D eigenvalue weighted by Gasteiger charge is -2.37. The second-order valence-corrected chi connectivity index (χ2v) is 7.78. The number of carbonyl (C=O) groups excluding carboxylic acids is 2. The van der Waals surface area contributed by atoms with Crippen molar-refractivity contribution in [2.45, 2.75) is 32.2 Å². The summed E-state index contributed by atoms with van der Waals surface area (Å²) in [6.07, 6.45) is 0.662. The van der Waals surface area contributed by atoms with Crippen LogP contribution in [0.1, 0.15) is 19.8 Å². The minimum absolute atomic E-state index is 0.0107. The minimum Gasteiger partial charge on any atom is -0.349 e. The first-order valence-corrected chi connectivity index (χ1v) is 10.1. The smallest absolute Gasteiger partial charge is 0.321 e. The average Bonchev–Trinajstić information content (AvgIpc) is 2.70. The molecule has 3 amide bonds. The Balaban J connectivity index is 1.57. The van der Waals surface area contributed by atoms with Gasteiger partial charge in [0, 0.05) is 44.9 Å². The van der Waals surface area contributed by atoms with E-state index >= 15 is 0 Å². The van der Waals surface area contributed by atoms with E-state index in [1.165, 1.54) is 0 Å². The quantitative estimate of drug-likeness (QED) is 0.682. The lowest BCUT2D eigenvalue weighted by Crippen LogP contribution is -2.58. The van der Waals surface area contributed by atoms with Crippen LogP contribution in [0.25, 0.3) is 10.8 Å². The number of nitrogens with zero attached hydrogens (tertiary/aromatic N) is 3. The van der Waals surface area contributed by atoms with Crippen LogP contribution in [0.5, 0.6) is 0 Å². The molecular formula is C22H30N6O2. The van der Waals surface area contributed by atoms with E-state index in [0.717, 1.165) is 28.6 Å². The monoisotopic (exact) mass is 410 g/mol. The number of benzene rings is 2. The zero-order valence-electron chi connectivity index (χ0n) is 18.0. The Morgan fingerprint density at radius 2 is 1.90 bits per heavy atom. The van der Waals surface area contributed by atoms with Crippen LogP contribution in [0.4, 0.5) is 10.5 Å². The number of urea groups is 1. The SMILES string of the molecule is CC1=NC(NC(=O)Nc2ccc3ccccc3c2)N(C)C(NCCC(=O)N(C)C)C1. The molecule has 2 atom stereocenters. The number of anilines is 1. The number of carbonyl (C=O) groups is 2. The van der Waals surface area contributed by atoms with Gasteiger partial charge in [0.05, 0.1) is 6.17 Å². The third kappa shape index (κ3) is 5.55. The molecule has 3 N–H and O–H groups in total. The maximum atomic E-state index is 12.6. The summed E-state index contributed by atoms with van der Waals surface area (Å²) in [7, 11) is 5.41. The summed E-state index contributed by atoms with van der Waals surface area (Å²) >= 11 is 0. The summed E-state index contributed by atoms with van der Waals surface area (Å²) in [6, 6.07) is 13.5. The van der Waals surface area contributed by atoms with Crippen molar-refractivity contribution >= 4 is 34.1 Å². The molecule has 0 fully saturated rings. The van der Waals surface area contributed by atoms with E-state index in [2.05, 4.69) is 20.9 Å². The molecule has 0 spiro atoms. The molecule has 8 nitrogen and oxygen atoms in total. The van der Waals surface area contributed by atoms with Gasteiger partial charge in [-0.05, 0) is 36.9 Å². The van der Waals surface area contributed by atoms with Gasteiger partial charge in [0.25, 0.3) is 0 Å². The van der Waals surface area contributed by atoms with Crippen LogP contribution in [-0.2, 0) is 4.79 Å². The van der Waals surface area contributed by atoms with Crippen LogP contribution in [-0.4, -0.2) is 67.6 Å². The van der Waals surface area contributed by atoms with Crippen molar-refractivity contribution in [3.05, 3.63) is 42.5 Å². The van der Waals surface area contributed by atoms with Gasteiger partial charge in [-0.25, -0.2) is 4.79 Å². The van der Waals surface area contributed by atoms with Gasteiger partial charge in [-0.15, -0.1) is 0 Å². The van der Waals surface area contributed by atoms with E-state index in [4.69, 9.17) is 0 Å². The number of rotatable bonds is 6. The number of fused-ring (bicyclic) bond motifs is 1. The molecule has 30 heavy (non-hydrogen) atoms. The molecule has 2 aromatic carbocycles. The van der Waals surface area contributed by atoms with Crippen LogP contribution in [0.3, 0.4) is 0 Å². The third-order valence-electron chi connectivity index (χ3n) is 5.19. The molecule has 0 aromatic heterocycles. The fourth-order valence-electron chi connectivity index (χ4n) is 3.42. The van der Waals surface area contributed by atoms with Crippen LogP contribution < -0.4 is 16.0 Å². The van der Waals surface area contributed by atoms with E-state index in [-0.39, 0.29) is 18.1 Å². The fraction of sp³-hybridized carbons (Fsp3) is 0.409. The van der Waals surface area contributed by atoms with Gasteiger partial charge in [-0.1, -0.05) is 30.3 Å². The van der Waals surface area contributed by atoms with Gasteiger partial charge in [-0.2, -0.15) is 0 Å². The van der Waals surface area contributed by atoms with Gasteiger partial charge in [0.15, 0.2) is 6.29 Å². The molecule has 1 heterocycles. The van der Waals surface area contributed by atoms with Gasteiger partial charge >= 0.3 is 6.03 Å². The second kappa shape index (κ2) is 9.69. The first-order chi connectivity index (χ1) is 14.3. The van der Waals surface area contributed by atoms with Crippen molar-refractivity contribution < 1.29 is 9.59 Å². The summed E-state index contributed by atoms with van der Waals surface area (Å²) in [5.41, 5.74) is 1.67. The van der Waals surface area contributed by atoms with Crippen LogP contribution in [0, 0.1) is 0 Å². The highest BCUT2D eigenvalue weighted by Gasteiger charge is 2.28. The highest BCUT2D eigenvalue weighted by Crippen LogP contribution is 2.19. The largest absolute Gasteiger partial charge is 0.349 e. The summed E-state index contributed by atoms with van der Waals surface area (Å²) in [5, 5.41) is 11.4. The Hall–Kier alpha value is -2.97. The highest BCUT2D eigenvalue weighted by atomic mass is 16.2. The molecule has 0 saturated carbocycles. The zero-order valence-corrected chi connectivity index (χ0v) is 18.0. The molecule has 2 aromatic rings. The topological polar surface area (TPSA) is 89.1 Å². The van der Waals surface area contributed by atoms with E-state index < -0.39 is 6.29 Å². The molecule has 1 aliphatic rings. The normalized spacial score (nSPS) is 19.3. The second-order valence-electron chi connectivity index (χ2n) is 7.78. The number of nitrogens with one attached hydrogen (secondary N) is 3. The van der Waals surface area contributed by atoms with Gasteiger partial charge in [0.2, 0.25) is 5.91 Å². The third-order valence-corrected chi connectivity index (χ3v) is 5.19. The fourth-order valence-corrected chi connectivity index (χ4v) is 3.42. The molecule has 0 aliphatic carbocycles. The van der Waals surface area contributed by atoms with Crippen LogP contribution >= 0.6 is 0 Å². The number of hydrogen-bond donors (Lipinski definition) is 3. The predicted molar refractivity (Wildman–Crippen MR) is 120 cm³/mol. The molecule has 0 bridgehead atoms. The van der Waals surface area contributed by atoms with E-state index in [1.54, 1.807) is 19.0 Å². The van der Waals surface area contributed by atoms with E-state index in [1.807, 2.05) is 61.3 Å². The van der Waals surface area contributed by atoms with E-state index in [9.17, 15) is 9.59 Å². The van der Waals surface area contributed by atoms with Gasteiger partial charge < -0.3 is 20.9 Å². The summed E-state index contributed by atoms with van der Waals surface area (Å²) in [4.78, 5) is 32.5. The molecule has 0 saturated heterocycles. The standard InChI is InChI=1S/C22H30N6O2/c1-15-13-19(23-12-11-20(29)27(2)3)28(4)21(24-15)26-22(30)25-18-10-9-16-7-5-6-8-17(16)14-18/h5-10,14,19,21,23H,11-13H2,1-4H3,(H2,25,26,30). The average molecular weight is 411 g/mol. The van der Waals surface area contributed by atoms with Crippen molar-refractivity contribution in [1.82, 2.24) is 20.4 Å². The summed E-state index contributed by atoms with van der Waals surface area (Å²) in [5.74, 6) is 0.0794. The first kappa shape index (κ1) is 21.7. The highest BCUT2D eigenvalue weighted by molar-refractivity contribution is 5.93. The maximum Gasteiger partial charge on any atom is 0.321 e. The maximum absolute atomic E-state index is 12.6. The number of aliphatic imine (C=N–C) groups is 1. The molecule has 3 rings (SSSR count). The molecule has 2 unspecified atom stereocenters. The Bertz CT molecular complexity index is 942. The molecule has 1 aliphatic heterocycles. The van der Waals surface area contributed by atoms with Crippen molar-refractivity contribution in [2.75, 3.05) is 33.0 Å². The first-order valence-electron chi connectivity index (χ1n) is 10.1. The van der Waals surface area contributed by atoms with Gasteiger partial charge in [-0.3, -0.25) is 14.7 Å². The number of amides is 3. The molecule has 8 heteroatoms. The number of hydrogen-bond acceptors (Lipinski definition) is 5. The molecule has 160 valence electrons. The van der Waals surface area contributed by atoms with E-state index in [0.29, 0.717) is 13.0 Å². The Morgan fingerprint density at radius 3 is 2.63 bits per heavy atom. The zero-order chi connectivity index (χ0) is 21.7. The predicted octanol–water partition coefficient (Wildman–Crippen LogP) is 2.44. The van der Waals surface area contributed by atoms with Gasteiger partial charge in [0.1, 0.15) is 0 Å². The van der Waals surface area contributed by atoms with Crippen molar-refractivity contribution in [3.8, 4) is 0 Å². The Labute approximate surface area is 177 Å². The Kier molecular flexibility index (Phi) is 7.02. The van der Waals surface area contributed by atoms with Crippen molar-refractivity contribution in [1.29, 1.82) is 0 Å². The minimum atomic E-state index is -0.485. The van der Waals surface area contributed by atoms with Crippen LogP contribution in [0.2, 0.25) is 0 Å². The summed E-state index contributed by atoms with van der Waals surface area (Å²) < 4.78 is 0. The molecular weight excluding hydrogens is 380 g/mol. The Morgan fingerprint density at radius 1 is 1.17 bits per heavy atom. The van der Waals surface area contributed by atoms with Crippen molar-refractivity contribution in [2.24, 2.45) is 4.99 Å².